The molecule has 2 fully saturated rings. The summed E-state index contributed by atoms with van der Waals surface area (Å²) in [6, 6.07) is 0.507. The van der Waals surface area contributed by atoms with E-state index in [2.05, 4.69) is 4.90 Å². The van der Waals surface area contributed by atoms with E-state index in [1.165, 1.54) is 0 Å². The van der Waals surface area contributed by atoms with Crippen LogP contribution in [0.3, 0.4) is 0 Å². The lowest BCUT2D eigenvalue weighted by atomic mass is 9.93. The van der Waals surface area contributed by atoms with Crippen molar-refractivity contribution in [2.24, 2.45) is 11.7 Å². The molecule has 4 nitrogen and oxygen atoms in total. The third-order valence-corrected chi connectivity index (χ3v) is 3.65. The Morgan fingerprint density at radius 3 is 2.47 bits per heavy atom. The Balaban J connectivity index is 1.85. The van der Waals surface area contributed by atoms with Gasteiger partial charge in [-0.25, -0.2) is 0 Å². The average Bonchev–Trinajstić information content (AvgIpc) is 2.68. The summed E-state index contributed by atoms with van der Waals surface area (Å²) in [4.78, 5) is 24.5. The highest BCUT2D eigenvalue weighted by Gasteiger charge is 2.32. The third-order valence-electron chi connectivity index (χ3n) is 3.65. The number of hydrogen-bond donors (Lipinski definition) is 1. The monoisotopic (exact) mass is 210 g/mol. The molecule has 4 heteroatoms. The van der Waals surface area contributed by atoms with E-state index in [0.29, 0.717) is 24.7 Å². The highest BCUT2D eigenvalue weighted by molar-refractivity contribution is 5.79. The quantitative estimate of drug-likeness (QED) is 0.713. The lowest BCUT2D eigenvalue weighted by molar-refractivity contribution is -0.122. The van der Waals surface area contributed by atoms with Crippen LogP contribution in [0.5, 0.6) is 0 Å². The molecule has 1 saturated carbocycles. The van der Waals surface area contributed by atoms with Gasteiger partial charge in [0.05, 0.1) is 5.92 Å². The van der Waals surface area contributed by atoms with Crippen LogP contribution in [0, 0.1) is 5.92 Å². The van der Waals surface area contributed by atoms with Gasteiger partial charge in [-0.15, -0.1) is 0 Å². The van der Waals surface area contributed by atoms with Crippen LogP contribution >= 0.6 is 0 Å². The number of ketones is 1. The number of Topliss-reactive ketones (excluding diaryl/α,β-unsaturated/α-hetero) is 1. The molecule has 2 rings (SSSR count). The van der Waals surface area contributed by atoms with Crippen molar-refractivity contribution in [1.29, 1.82) is 0 Å². The highest BCUT2D eigenvalue weighted by Crippen LogP contribution is 2.26. The highest BCUT2D eigenvalue weighted by atomic mass is 16.1. The van der Waals surface area contributed by atoms with E-state index in [1.54, 1.807) is 0 Å². The summed E-state index contributed by atoms with van der Waals surface area (Å²) in [5.74, 6) is 0.240. The van der Waals surface area contributed by atoms with Gasteiger partial charge < -0.3 is 5.73 Å². The molecule has 1 unspecified atom stereocenters. The Hall–Kier alpha value is -0.900. The zero-order valence-electron chi connectivity index (χ0n) is 8.95. The zero-order valence-corrected chi connectivity index (χ0v) is 8.95. The molecule has 0 aromatic heterocycles. The number of rotatable bonds is 2. The van der Waals surface area contributed by atoms with Crippen molar-refractivity contribution in [3.8, 4) is 0 Å². The molecule has 1 amide bonds. The van der Waals surface area contributed by atoms with Crippen LogP contribution in [-0.4, -0.2) is 35.7 Å². The molecule has 0 radical (unpaired) electrons. The first-order valence-corrected chi connectivity index (χ1v) is 5.72. The van der Waals surface area contributed by atoms with Crippen molar-refractivity contribution in [2.75, 3.05) is 13.1 Å². The number of nitrogens with zero attached hydrogens (tertiary/aromatic N) is 1. The Bertz CT molecular complexity index is 268. The van der Waals surface area contributed by atoms with Gasteiger partial charge in [-0.05, 0) is 25.8 Å². The minimum atomic E-state index is -0.176. The molecular formula is C11H18N2O2. The van der Waals surface area contributed by atoms with Crippen molar-refractivity contribution < 1.29 is 9.59 Å². The van der Waals surface area contributed by atoms with Crippen molar-refractivity contribution in [3.05, 3.63) is 0 Å². The normalized spacial score (nSPS) is 29.6. The van der Waals surface area contributed by atoms with E-state index in [1.807, 2.05) is 0 Å². The second kappa shape index (κ2) is 4.31. The SMILES string of the molecule is NC(=O)C1CCN(C2CCC(=O)CC2)C1. The van der Waals surface area contributed by atoms with Gasteiger partial charge in [0.25, 0.3) is 0 Å². The minimum absolute atomic E-state index is 0.0302. The zero-order chi connectivity index (χ0) is 10.8. The molecule has 1 aliphatic carbocycles. The molecule has 0 spiro atoms. The molecule has 0 bridgehead atoms. The van der Waals surface area contributed by atoms with Gasteiger partial charge in [-0.2, -0.15) is 0 Å². The van der Waals surface area contributed by atoms with E-state index < -0.39 is 0 Å². The minimum Gasteiger partial charge on any atom is -0.369 e. The Morgan fingerprint density at radius 2 is 1.93 bits per heavy atom. The molecule has 1 atom stereocenters. The standard InChI is InChI=1S/C11H18N2O2/c12-11(15)8-5-6-13(7-8)9-1-3-10(14)4-2-9/h8-9H,1-7H2,(H2,12,15). The fourth-order valence-electron chi connectivity index (χ4n) is 2.64. The second-order valence-corrected chi connectivity index (χ2v) is 4.65. The van der Waals surface area contributed by atoms with Gasteiger partial charge in [0.15, 0.2) is 0 Å². The molecule has 0 aromatic carbocycles. The molecule has 84 valence electrons. The number of carbonyl (C=O) groups excluding carboxylic acids is 2. The van der Waals surface area contributed by atoms with Crippen molar-refractivity contribution in [2.45, 2.75) is 38.1 Å². The fraction of sp³-hybridized carbons (Fsp3) is 0.818. The largest absolute Gasteiger partial charge is 0.369 e. The van der Waals surface area contributed by atoms with Gasteiger partial charge in [0.2, 0.25) is 5.91 Å². The Morgan fingerprint density at radius 1 is 1.27 bits per heavy atom. The van der Waals surface area contributed by atoms with E-state index in [-0.39, 0.29) is 11.8 Å². The van der Waals surface area contributed by atoms with E-state index in [9.17, 15) is 9.59 Å². The molecule has 0 aromatic rings. The first kappa shape index (κ1) is 10.6. The van der Waals surface area contributed by atoms with E-state index in [4.69, 9.17) is 5.73 Å². The number of primary amides is 1. The second-order valence-electron chi connectivity index (χ2n) is 4.65. The maximum absolute atomic E-state index is 11.1. The van der Waals surface area contributed by atoms with Gasteiger partial charge >= 0.3 is 0 Å². The molecular weight excluding hydrogens is 192 g/mol. The predicted octanol–water partition coefficient (Wildman–Crippen LogP) is 0.305. The summed E-state index contributed by atoms with van der Waals surface area (Å²) in [6.07, 6.45) is 4.24. The van der Waals surface area contributed by atoms with E-state index in [0.717, 1.165) is 32.4 Å². The predicted molar refractivity (Wildman–Crippen MR) is 56.1 cm³/mol. The summed E-state index contributed by atoms with van der Waals surface area (Å²) in [5.41, 5.74) is 5.29. The molecule has 1 aliphatic heterocycles. The summed E-state index contributed by atoms with van der Waals surface area (Å²) in [7, 11) is 0. The van der Waals surface area contributed by atoms with Gasteiger partial charge in [-0.1, -0.05) is 0 Å². The summed E-state index contributed by atoms with van der Waals surface area (Å²) < 4.78 is 0. The van der Waals surface area contributed by atoms with Crippen molar-refractivity contribution in [3.63, 3.8) is 0 Å². The maximum Gasteiger partial charge on any atom is 0.221 e. The van der Waals surface area contributed by atoms with Gasteiger partial charge in [0, 0.05) is 25.4 Å². The topological polar surface area (TPSA) is 63.4 Å². The van der Waals surface area contributed by atoms with Crippen LogP contribution in [0.4, 0.5) is 0 Å². The Labute approximate surface area is 89.8 Å². The third kappa shape index (κ3) is 2.37. The smallest absolute Gasteiger partial charge is 0.221 e. The van der Waals surface area contributed by atoms with Crippen LogP contribution in [0.15, 0.2) is 0 Å². The van der Waals surface area contributed by atoms with Crippen LogP contribution < -0.4 is 5.73 Å². The van der Waals surface area contributed by atoms with Crippen LogP contribution in [0.25, 0.3) is 0 Å². The average molecular weight is 210 g/mol. The maximum atomic E-state index is 11.1. The molecule has 1 heterocycles. The van der Waals surface area contributed by atoms with Crippen LogP contribution in [-0.2, 0) is 9.59 Å². The van der Waals surface area contributed by atoms with Crippen LogP contribution in [0.1, 0.15) is 32.1 Å². The lowest BCUT2D eigenvalue weighted by Crippen LogP contribution is -2.37. The molecule has 2 aliphatic rings. The van der Waals surface area contributed by atoms with Gasteiger partial charge in [-0.3, -0.25) is 14.5 Å². The first-order chi connectivity index (χ1) is 7.16. The number of carbonyl (C=O) groups is 2. The number of hydrogen-bond acceptors (Lipinski definition) is 3. The molecule has 1 saturated heterocycles. The summed E-state index contributed by atoms with van der Waals surface area (Å²) in [5, 5.41) is 0. The summed E-state index contributed by atoms with van der Waals surface area (Å²) in [6.45, 7) is 1.76. The number of likely N-dealkylation sites (tertiary alicyclic amines) is 1. The van der Waals surface area contributed by atoms with Gasteiger partial charge in [0.1, 0.15) is 5.78 Å². The summed E-state index contributed by atoms with van der Waals surface area (Å²) >= 11 is 0. The Kier molecular flexibility index (Phi) is 3.05. The van der Waals surface area contributed by atoms with E-state index >= 15 is 0 Å². The molecule has 15 heavy (non-hydrogen) atoms. The van der Waals surface area contributed by atoms with Crippen LogP contribution in [0.2, 0.25) is 0 Å². The number of amides is 1. The van der Waals surface area contributed by atoms with Crippen molar-refractivity contribution >= 4 is 11.7 Å². The lowest BCUT2D eigenvalue weighted by Gasteiger charge is -2.30. The first-order valence-electron chi connectivity index (χ1n) is 5.72. The fourth-order valence-corrected chi connectivity index (χ4v) is 2.64. The molecule has 2 N–H and O–H groups in total. The number of nitrogens with two attached hydrogens (primary N) is 1. The van der Waals surface area contributed by atoms with Crippen molar-refractivity contribution in [1.82, 2.24) is 4.90 Å².